The Kier molecular flexibility index (Phi) is 5.46. The van der Waals surface area contributed by atoms with Crippen molar-refractivity contribution in [3.05, 3.63) is 109 Å². The normalized spacial score (nSPS) is 11.3. The summed E-state index contributed by atoms with van der Waals surface area (Å²) in [7, 11) is 2.15. The zero-order valence-electron chi connectivity index (χ0n) is 18.3. The highest BCUT2D eigenvalue weighted by atomic mass is 15.1. The fourth-order valence-electron chi connectivity index (χ4n) is 3.79. The molecule has 0 aromatic heterocycles. The molecule has 150 valence electrons. The molecule has 0 saturated heterocycles. The van der Waals surface area contributed by atoms with Crippen LogP contribution in [0.5, 0.6) is 0 Å². The van der Waals surface area contributed by atoms with Gasteiger partial charge in [0.1, 0.15) is 0 Å². The predicted molar refractivity (Wildman–Crippen MR) is 131 cm³/mol. The lowest BCUT2D eigenvalue weighted by Gasteiger charge is -2.26. The Labute approximate surface area is 180 Å². The van der Waals surface area contributed by atoms with Gasteiger partial charge in [-0.15, -0.1) is 0 Å². The summed E-state index contributed by atoms with van der Waals surface area (Å²) in [4.78, 5) is 2.28. The number of rotatable bonds is 4. The molecule has 0 aliphatic heterocycles. The first kappa shape index (κ1) is 20.0. The van der Waals surface area contributed by atoms with Gasteiger partial charge >= 0.3 is 0 Å². The molecule has 0 bridgehead atoms. The Morgan fingerprint density at radius 2 is 1.10 bits per heavy atom. The van der Waals surface area contributed by atoms with Gasteiger partial charge in [0.25, 0.3) is 0 Å². The second-order valence-electron chi connectivity index (χ2n) is 8.82. The monoisotopic (exact) mass is 391 g/mol. The maximum absolute atomic E-state index is 2.35. The maximum Gasteiger partial charge on any atom is 0.0487 e. The summed E-state index contributed by atoms with van der Waals surface area (Å²) in [6.07, 6.45) is 0. The third-order valence-corrected chi connectivity index (χ3v) is 5.67. The van der Waals surface area contributed by atoms with E-state index in [0.29, 0.717) is 0 Å². The van der Waals surface area contributed by atoms with Crippen LogP contribution in [-0.4, -0.2) is 7.05 Å². The number of anilines is 2. The molecule has 0 aliphatic carbocycles. The Morgan fingerprint density at radius 3 is 1.67 bits per heavy atom. The smallest absolute Gasteiger partial charge is 0.0487 e. The second kappa shape index (κ2) is 8.20. The van der Waals surface area contributed by atoms with Gasteiger partial charge in [0.15, 0.2) is 0 Å². The lowest BCUT2D eigenvalue weighted by molar-refractivity contribution is 0.590. The van der Waals surface area contributed by atoms with Crippen LogP contribution in [0.2, 0.25) is 0 Å². The van der Waals surface area contributed by atoms with Crippen LogP contribution < -0.4 is 4.90 Å². The van der Waals surface area contributed by atoms with Crippen molar-refractivity contribution in [1.82, 2.24) is 0 Å². The zero-order chi connectivity index (χ0) is 21.1. The topological polar surface area (TPSA) is 3.24 Å². The Morgan fingerprint density at radius 1 is 0.567 bits per heavy atom. The number of hydrogen-bond acceptors (Lipinski definition) is 1. The van der Waals surface area contributed by atoms with Gasteiger partial charge < -0.3 is 4.90 Å². The van der Waals surface area contributed by atoms with E-state index in [1.54, 1.807) is 0 Å². The van der Waals surface area contributed by atoms with E-state index in [9.17, 15) is 0 Å². The van der Waals surface area contributed by atoms with E-state index in [0.717, 1.165) is 0 Å². The first-order valence-electron chi connectivity index (χ1n) is 10.5. The summed E-state index contributed by atoms with van der Waals surface area (Å²) in [6, 6.07) is 36.9. The van der Waals surface area contributed by atoms with Crippen molar-refractivity contribution in [2.45, 2.75) is 26.2 Å². The molecular weight excluding hydrogens is 362 g/mol. The van der Waals surface area contributed by atoms with E-state index < -0.39 is 0 Å². The van der Waals surface area contributed by atoms with E-state index in [2.05, 4.69) is 136 Å². The first-order valence-corrected chi connectivity index (χ1v) is 10.5. The second-order valence-corrected chi connectivity index (χ2v) is 8.82. The van der Waals surface area contributed by atoms with Crippen LogP contribution in [-0.2, 0) is 5.41 Å². The standard InChI is InChI=1S/C29H29N/c1-29(2,3)25-17-20-28(27(21-25)24-13-9-6-10-14-24)30(4)26-18-15-23(16-19-26)22-11-7-5-8-12-22/h5-21H,1-4H3. The van der Waals surface area contributed by atoms with Crippen molar-refractivity contribution < 1.29 is 0 Å². The average molecular weight is 392 g/mol. The van der Waals surface area contributed by atoms with E-state index in [1.807, 2.05) is 0 Å². The molecule has 30 heavy (non-hydrogen) atoms. The van der Waals surface area contributed by atoms with Gasteiger partial charge in [-0.3, -0.25) is 0 Å². The molecule has 1 nitrogen and oxygen atoms in total. The van der Waals surface area contributed by atoms with Crippen LogP contribution in [0.1, 0.15) is 26.3 Å². The third kappa shape index (κ3) is 4.16. The summed E-state index contributed by atoms with van der Waals surface area (Å²) >= 11 is 0. The zero-order valence-corrected chi connectivity index (χ0v) is 18.3. The SMILES string of the molecule is CN(c1ccc(-c2ccccc2)cc1)c1ccc(C(C)(C)C)cc1-c1ccccc1. The number of hydrogen-bond donors (Lipinski definition) is 0. The summed E-state index contributed by atoms with van der Waals surface area (Å²) < 4.78 is 0. The molecule has 0 amide bonds. The van der Waals surface area contributed by atoms with Crippen LogP contribution in [0.3, 0.4) is 0 Å². The minimum atomic E-state index is 0.109. The Hall–Kier alpha value is -3.32. The van der Waals surface area contributed by atoms with E-state index in [1.165, 1.54) is 39.2 Å². The average Bonchev–Trinajstić information content (AvgIpc) is 2.79. The van der Waals surface area contributed by atoms with Crippen LogP contribution in [0, 0.1) is 0 Å². The lowest BCUT2D eigenvalue weighted by atomic mass is 9.85. The summed E-state index contributed by atoms with van der Waals surface area (Å²) in [5.41, 5.74) is 8.82. The largest absolute Gasteiger partial charge is 0.344 e. The molecule has 0 aliphatic rings. The fraction of sp³-hybridized carbons (Fsp3) is 0.172. The van der Waals surface area contributed by atoms with Crippen molar-refractivity contribution in [1.29, 1.82) is 0 Å². The number of nitrogens with zero attached hydrogens (tertiary/aromatic N) is 1. The highest BCUT2D eigenvalue weighted by Crippen LogP contribution is 2.38. The lowest BCUT2D eigenvalue weighted by Crippen LogP contribution is -2.14. The van der Waals surface area contributed by atoms with Gasteiger partial charge in [-0.2, -0.15) is 0 Å². The van der Waals surface area contributed by atoms with E-state index in [4.69, 9.17) is 0 Å². The first-order chi connectivity index (χ1) is 14.4. The van der Waals surface area contributed by atoms with Gasteiger partial charge in [0.2, 0.25) is 0 Å². The molecule has 0 N–H and O–H groups in total. The van der Waals surface area contributed by atoms with Crippen LogP contribution in [0.4, 0.5) is 11.4 Å². The third-order valence-electron chi connectivity index (χ3n) is 5.67. The van der Waals surface area contributed by atoms with Crippen molar-refractivity contribution >= 4 is 11.4 Å². The van der Waals surface area contributed by atoms with Gasteiger partial charge in [-0.25, -0.2) is 0 Å². The van der Waals surface area contributed by atoms with E-state index >= 15 is 0 Å². The highest BCUT2D eigenvalue weighted by Gasteiger charge is 2.18. The number of benzene rings is 4. The predicted octanol–water partition coefficient (Wildman–Crippen LogP) is 8.09. The summed E-state index contributed by atoms with van der Waals surface area (Å²) in [6.45, 7) is 6.80. The van der Waals surface area contributed by atoms with Crippen LogP contribution in [0.15, 0.2) is 103 Å². The molecule has 4 aromatic carbocycles. The van der Waals surface area contributed by atoms with Gasteiger partial charge in [0.05, 0.1) is 0 Å². The molecule has 0 unspecified atom stereocenters. The fourth-order valence-corrected chi connectivity index (χ4v) is 3.79. The van der Waals surface area contributed by atoms with Crippen LogP contribution in [0.25, 0.3) is 22.3 Å². The minimum Gasteiger partial charge on any atom is -0.344 e. The molecule has 0 heterocycles. The molecular formula is C29H29N. The Bertz CT molecular complexity index is 1100. The van der Waals surface area contributed by atoms with Gasteiger partial charge in [-0.05, 0) is 51.9 Å². The van der Waals surface area contributed by atoms with Crippen molar-refractivity contribution in [3.63, 3.8) is 0 Å². The maximum atomic E-state index is 2.35. The van der Waals surface area contributed by atoms with Crippen molar-refractivity contribution in [3.8, 4) is 22.3 Å². The van der Waals surface area contributed by atoms with Crippen LogP contribution >= 0.6 is 0 Å². The van der Waals surface area contributed by atoms with Gasteiger partial charge in [-0.1, -0.05) is 99.6 Å². The molecule has 4 aromatic rings. The molecule has 4 rings (SSSR count). The quantitative estimate of drug-likeness (QED) is 0.340. The van der Waals surface area contributed by atoms with Crippen molar-refractivity contribution in [2.75, 3.05) is 11.9 Å². The van der Waals surface area contributed by atoms with Gasteiger partial charge in [0, 0.05) is 24.0 Å². The molecule has 0 spiro atoms. The van der Waals surface area contributed by atoms with Crippen molar-refractivity contribution in [2.24, 2.45) is 0 Å². The molecule has 1 heteroatoms. The molecule has 0 radical (unpaired) electrons. The minimum absolute atomic E-state index is 0.109. The molecule has 0 atom stereocenters. The molecule has 0 saturated carbocycles. The Balaban J connectivity index is 1.74. The summed E-state index contributed by atoms with van der Waals surface area (Å²) in [5, 5.41) is 0. The highest BCUT2D eigenvalue weighted by molar-refractivity contribution is 5.83. The molecule has 0 fully saturated rings. The van der Waals surface area contributed by atoms with E-state index in [-0.39, 0.29) is 5.41 Å². The summed E-state index contributed by atoms with van der Waals surface area (Å²) in [5.74, 6) is 0.